The molecule has 2 atom stereocenters. The molecule has 0 aliphatic rings. The van der Waals surface area contributed by atoms with E-state index in [2.05, 4.69) is 6.58 Å². The highest BCUT2D eigenvalue weighted by Gasteiger charge is 2.05. The topological polar surface area (TPSA) is 29.5 Å². The second kappa shape index (κ2) is 7.32. The van der Waals surface area contributed by atoms with Crippen molar-refractivity contribution in [2.45, 2.75) is 44.8 Å². The molecule has 0 amide bonds. The van der Waals surface area contributed by atoms with Crippen molar-refractivity contribution in [1.29, 1.82) is 0 Å². The lowest BCUT2D eigenvalue weighted by molar-refractivity contribution is 0.0899. The first kappa shape index (κ1) is 11.7. The Kier molecular flexibility index (Phi) is 7.11. The van der Waals surface area contributed by atoms with E-state index in [1.54, 1.807) is 7.11 Å². The van der Waals surface area contributed by atoms with E-state index in [9.17, 15) is 0 Å². The molecule has 0 aliphatic carbocycles. The van der Waals surface area contributed by atoms with Crippen LogP contribution < -0.4 is 0 Å². The smallest absolute Gasteiger partial charge is 0.0605 e. The largest absolute Gasteiger partial charge is 0.393 e. The molecule has 0 aromatic rings. The lowest BCUT2D eigenvalue weighted by atomic mass is 10.1. The van der Waals surface area contributed by atoms with E-state index in [-0.39, 0.29) is 12.2 Å². The van der Waals surface area contributed by atoms with Crippen molar-refractivity contribution in [2.24, 2.45) is 0 Å². The number of hydrogen-bond donors (Lipinski definition) is 1. The summed E-state index contributed by atoms with van der Waals surface area (Å²) in [7, 11) is 1.72. The SMILES string of the molecule is C=CC[C@H](CCC[C@H](C)O)OC. The van der Waals surface area contributed by atoms with Crippen LogP contribution in [0.15, 0.2) is 12.7 Å². The molecule has 0 bridgehead atoms. The average molecular weight is 172 g/mol. The van der Waals surface area contributed by atoms with Gasteiger partial charge in [0.05, 0.1) is 12.2 Å². The van der Waals surface area contributed by atoms with Crippen molar-refractivity contribution in [3.63, 3.8) is 0 Å². The van der Waals surface area contributed by atoms with Gasteiger partial charge in [-0.2, -0.15) is 0 Å². The molecule has 12 heavy (non-hydrogen) atoms. The maximum Gasteiger partial charge on any atom is 0.0605 e. The molecule has 2 nitrogen and oxygen atoms in total. The molecule has 0 radical (unpaired) electrons. The highest BCUT2D eigenvalue weighted by Crippen LogP contribution is 2.09. The van der Waals surface area contributed by atoms with E-state index in [0.717, 1.165) is 25.7 Å². The molecule has 72 valence electrons. The van der Waals surface area contributed by atoms with Gasteiger partial charge in [0.25, 0.3) is 0 Å². The molecule has 2 heteroatoms. The molecule has 0 fully saturated rings. The Hall–Kier alpha value is -0.340. The molecule has 0 rings (SSSR count). The molecule has 0 heterocycles. The first-order valence-corrected chi connectivity index (χ1v) is 4.52. The molecule has 0 saturated heterocycles. The van der Waals surface area contributed by atoms with Gasteiger partial charge in [-0.3, -0.25) is 0 Å². The van der Waals surface area contributed by atoms with E-state index < -0.39 is 0 Å². The van der Waals surface area contributed by atoms with Crippen LogP contribution in [0.2, 0.25) is 0 Å². The Morgan fingerprint density at radius 2 is 2.17 bits per heavy atom. The van der Waals surface area contributed by atoms with E-state index >= 15 is 0 Å². The lowest BCUT2D eigenvalue weighted by Gasteiger charge is -2.13. The summed E-state index contributed by atoms with van der Waals surface area (Å²) >= 11 is 0. The molecule has 0 aromatic carbocycles. The standard InChI is InChI=1S/C10H20O2/c1-4-6-10(12-3)8-5-7-9(2)11/h4,9-11H,1,5-8H2,2-3H3/t9-,10+/m0/s1. The van der Waals surface area contributed by atoms with Gasteiger partial charge in [-0.25, -0.2) is 0 Å². The Balaban J connectivity index is 3.37. The minimum atomic E-state index is -0.189. The van der Waals surface area contributed by atoms with Gasteiger partial charge < -0.3 is 9.84 Å². The summed E-state index contributed by atoms with van der Waals surface area (Å²) in [4.78, 5) is 0. The molecule has 0 aromatic heterocycles. The van der Waals surface area contributed by atoms with Gasteiger partial charge in [-0.05, 0) is 32.6 Å². The van der Waals surface area contributed by atoms with Gasteiger partial charge in [0.15, 0.2) is 0 Å². The summed E-state index contributed by atoms with van der Waals surface area (Å²) in [5.74, 6) is 0. The maximum absolute atomic E-state index is 9.01. The van der Waals surface area contributed by atoms with Gasteiger partial charge in [-0.1, -0.05) is 6.08 Å². The number of aliphatic hydroxyl groups excluding tert-OH is 1. The van der Waals surface area contributed by atoms with Crippen LogP contribution >= 0.6 is 0 Å². The third-order valence-corrected chi connectivity index (χ3v) is 1.91. The van der Waals surface area contributed by atoms with Gasteiger partial charge in [0.1, 0.15) is 0 Å². The minimum Gasteiger partial charge on any atom is -0.393 e. The van der Waals surface area contributed by atoms with Gasteiger partial charge in [-0.15, -0.1) is 6.58 Å². The van der Waals surface area contributed by atoms with Crippen molar-refractivity contribution in [1.82, 2.24) is 0 Å². The molecular formula is C10H20O2. The van der Waals surface area contributed by atoms with Gasteiger partial charge in [0, 0.05) is 7.11 Å². The van der Waals surface area contributed by atoms with Crippen LogP contribution in [0.25, 0.3) is 0 Å². The summed E-state index contributed by atoms with van der Waals surface area (Å²) < 4.78 is 5.22. The molecule has 1 N–H and O–H groups in total. The van der Waals surface area contributed by atoms with Crippen LogP contribution in [-0.2, 0) is 4.74 Å². The number of methoxy groups -OCH3 is 1. The van der Waals surface area contributed by atoms with Crippen molar-refractivity contribution >= 4 is 0 Å². The van der Waals surface area contributed by atoms with Crippen LogP contribution in [0.4, 0.5) is 0 Å². The second-order valence-corrected chi connectivity index (χ2v) is 3.16. The van der Waals surface area contributed by atoms with Crippen molar-refractivity contribution in [3.05, 3.63) is 12.7 Å². The first-order valence-electron chi connectivity index (χ1n) is 4.52. The van der Waals surface area contributed by atoms with E-state index in [4.69, 9.17) is 9.84 Å². The lowest BCUT2D eigenvalue weighted by Crippen LogP contribution is -2.10. The molecule has 0 unspecified atom stereocenters. The number of rotatable bonds is 7. The van der Waals surface area contributed by atoms with Crippen molar-refractivity contribution < 1.29 is 9.84 Å². The van der Waals surface area contributed by atoms with E-state index in [0.29, 0.717) is 0 Å². The van der Waals surface area contributed by atoms with Crippen LogP contribution in [0.3, 0.4) is 0 Å². The van der Waals surface area contributed by atoms with Crippen LogP contribution in [0, 0.1) is 0 Å². The average Bonchev–Trinajstić information content (AvgIpc) is 2.02. The molecule has 0 saturated carbocycles. The predicted octanol–water partition coefficient (Wildman–Crippen LogP) is 2.13. The summed E-state index contributed by atoms with van der Waals surface area (Å²) in [6, 6.07) is 0. The van der Waals surface area contributed by atoms with E-state index in [1.165, 1.54) is 0 Å². The maximum atomic E-state index is 9.01. The zero-order valence-electron chi connectivity index (χ0n) is 8.12. The van der Waals surface area contributed by atoms with Crippen molar-refractivity contribution in [3.8, 4) is 0 Å². The summed E-state index contributed by atoms with van der Waals surface area (Å²) in [5.41, 5.74) is 0. The minimum absolute atomic E-state index is 0.189. The Bertz CT molecular complexity index is 110. The Morgan fingerprint density at radius 1 is 1.50 bits per heavy atom. The highest BCUT2D eigenvalue weighted by atomic mass is 16.5. The monoisotopic (exact) mass is 172 g/mol. The Labute approximate surface area is 75.2 Å². The second-order valence-electron chi connectivity index (χ2n) is 3.16. The fourth-order valence-corrected chi connectivity index (χ4v) is 1.16. The molecule has 0 spiro atoms. The van der Waals surface area contributed by atoms with Crippen LogP contribution in [0.1, 0.15) is 32.6 Å². The quantitative estimate of drug-likeness (QED) is 0.596. The van der Waals surface area contributed by atoms with Crippen LogP contribution in [-0.4, -0.2) is 24.4 Å². The fourth-order valence-electron chi connectivity index (χ4n) is 1.16. The highest BCUT2D eigenvalue weighted by molar-refractivity contribution is 4.73. The predicted molar refractivity (Wildman–Crippen MR) is 51.1 cm³/mol. The number of ether oxygens (including phenoxy) is 1. The first-order chi connectivity index (χ1) is 5.70. The van der Waals surface area contributed by atoms with Gasteiger partial charge >= 0.3 is 0 Å². The summed E-state index contributed by atoms with van der Waals surface area (Å²) in [6.07, 6.45) is 5.74. The zero-order valence-corrected chi connectivity index (χ0v) is 8.12. The third kappa shape index (κ3) is 6.38. The van der Waals surface area contributed by atoms with E-state index in [1.807, 2.05) is 13.0 Å². The Morgan fingerprint density at radius 3 is 2.58 bits per heavy atom. The van der Waals surface area contributed by atoms with Crippen LogP contribution in [0.5, 0.6) is 0 Å². The van der Waals surface area contributed by atoms with Gasteiger partial charge in [0.2, 0.25) is 0 Å². The summed E-state index contributed by atoms with van der Waals surface area (Å²) in [6.45, 7) is 5.48. The normalized spacial score (nSPS) is 15.6. The number of hydrogen-bond acceptors (Lipinski definition) is 2. The summed E-state index contributed by atoms with van der Waals surface area (Å²) in [5, 5.41) is 9.01. The van der Waals surface area contributed by atoms with Crippen molar-refractivity contribution in [2.75, 3.05) is 7.11 Å². The third-order valence-electron chi connectivity index (χ3n) is 1.91. The number of aliphatic hydroxyl groups is 1. The molecule has 0 aliphatic heterocycles. The fraction of sp³-hybridized carbons (Fsp3) is 0.800. The molecular weight excluding hydrogens is 152 g/mol. The zero-order chi connectivity index (χ0) is 9.40.